The first-order valence-electron chi connectivity index (χ1n) is 4.53. The predicted molar refractivity (Wildman–Crippen MR) is 54.3 cm³/mol. The Balaban J connectivity index is 2.91. The summed E-state index contributed by atoms with van der Waals surface area (Å²) in [5, 5.41) is 0. The molecule has 2 N–H and O–H groups in total. The molecule has 0 aliphatic rings. The van der Waals surface area contributed by atoms with Gasteiger partial charge in [-0.25, -0.2) is 4.79 Å². The highest BCUT2D eigenvalue weighted by Gasteiger charge is 2.07. The summed E-state index contributed by atoms with van der Waals surface area (Å²) in [6, 6.07) is 0. The zero-order valence-electron chi connectivity index (χ0n) is 8.69. The van der Waals surface area contributed by atoms with Crippen molar-refractivity contribution in [2.45, 2.75) is 20.4 Å². The van der Waals surface area contributed by atoms with Gasteiger partial charge in [-0.05, 0) is 13.8 Å². The number of nitrogens with zero attached hydrogens (tertiary/aromatic N) is 2. The highest BCUT2D eigenvalue weighted by molar-refractivity contribution is 5.69. The first kappa shape index (κ1) is 11.2. The molecule has 1 aromatic heterocycles. The van der Waals surface area contributed by atoms with Crippen LogP contribution in [0.1, 0.15) is 12.5 Å². The first-order chi connectivity index (χ1) is 7.04. The number of carbonyl (C=O) groups excluding carboxylic acids is 1. The van der Waals surface area contributed by atoms with Crippen molar-refractivity contribution in [2.24, 2.45) is 0 Å². The Bertz CT molecular complexity index is 425. The summed E-state index contributed by atoms with van der Waals surface area (Å²) in [6.45, 7) is 3.56. The summed E-state index contributed by atoms with van der Waals surface area (Å²) in [4.78, 5) is 26.0. The molecule has 0 aromatic carbocycles. The van der Waals surface area contributed by atoms with Crippen molar-refractivity contribution in [3.05, 3.63) is 22.2 Å². The summed E-state index contributed by atoms with van der Waals surface area (Å²) >= 11 is 0. The fourth-order valence-electron chi connectivity index (χ4n) is 1.07. The monoisotopic (exact) mass is 211 g/mol. The van der Waals surface area contributed by atoms with Crippen LogP contribution < -0.4 is 11.4 Å². The van der Waals surface area contributed by atoms with Crippen LogP contribution in [0.15, 0.2) is 11.0 Å². The maximum atomic E-state index is 11.3. The van der Waals surface area contributed by atoms with E-state index in [1.165, 1.54) is 10.8 Å². The molecule has 0 aliphatic heterocycles. The third-order valence-electron chi connectivity index (χ3n) is 1.82. The number of esters is 1. The molecule has 1 heterocycles. The van der Waals surface area contributed by atoms with Gasteiger partial charge in [0.25, 0.3) is 0 Å². The molecule has 0 saturated heterocycles. The van der Waals surface area contributed by atoms with Gasteiger partial charge in [-0.15, -0.1) is 0 Å². The van der Waals surface area contributed by atoms with Gasteiger partial charge in [0.1, 0.15) is 12.4 Å². The molecule has 0 aliphatic carbocycles. The summed E-state index contributed by atoms with van der Waals surface area (Å²) in [5.41, 5.74) is 5.54. The first-order valence-corrected chi connectivity index (χ1v) is 4.53. The van der Waals surface area contributed by atoms with Crippen LogP contribution in [-0.2, 0) is 16.1 Å². The molecule has 1 aromatic rings. The predicted octanol–water partition coefficient (Wildman–Crippen LogP) is -0.303. The normalized spacial score (nSPS) is 10.0. The molecule has 6 nitrogen and oxygen atoms in total. The van der Waals surface area contributed by atoms with Gasteiger partial charge in [0.05, 0.1) is 6.61 Å². The maximum absolute atomic E-state index is 11.3. The lowest BCUT2D eigenvalue weighted by molar-refractivity contribution is -0.143. The van der Waals surface area contributed by atoms with E-state index in [1.807, 2.05) is 0 Å². The Morgan fingerprint density at radius 3 is 2.93 bits per heavy atom. The Morgan fingerprint density at radius 2 is 2.33 bits per heavy atom. The number of ether oxygens (including phenoxy) is 1. The van der Waals surface area contributed by atoms with Crippen LogP contribution >= 0.6 is 0 Å². The molecule has 0 unspecified atom stereocenters. The molecule has 0 atom stereocenters. The lowest BCUT2D eigenvalue weighted by atomic mass is 10.3. The van der Waals surface area contributed by atoms with E-state index in [0.29, 0.717) is 5.56 Å². The molecule has 0 amide bonds. The van der Waals surface area contributed by atoms with Crippen molar-refractivity contribution in [1.29, 1.82) is 0 Å². The number of nitrogen functional groups attached to an aromatic ring is 1. The third kappa shape index (κ3) is 2.80. The van der Waals surface area contributed by atoms with E-state index in [9.17, 15) is 9.59 Å². The molecule has 0 radical (unpaired) electrons. The summed E-state index contributed by atoms with van der Waals surface area (Å²) < 4.78 is 5.88. The van der Waals surface area contributed by atoms with Crippen LogP contribution in [0, 0.1) is 6.92 Å². The largest absolute Gasteiger partial charge is 0.465 e. The van der Waals surface area contributed by atoms with Gasteiger partial charge in [-0.1, -0.05) is 0 Å². The van der Waals surface area contributed by atoms with E-state index in [4.69, 9.17) is 10.5 Å². The second-order valence-corrected chi connectivity index (χ2v) is 3.02. The molecule has 15 heavy (non-hydrogen) atoms. The van der Waals surface area contributed by atoms with Gasteiger partial charge in [0.2, 0.25) is 0 Å². The number of carbonyl (C=O) groups is 1. The van der Waals surface area contributed by atoms with Crippen LogP contribution in [0.25, 0.3) is 0 Å². The smallest absolute Gasteiger partial charge is 0.350 e. The highest BCUT2D eigenvalue weighted by Crippen LogP contribution is 2.01. The number of anilines is 1. The number of aromatic nitrogens is 2. The number of nitrogens with two attached hydrogens (primary N) is 1. The second-order valence-electron chi connectivity index (χ2n) is 3.02. The zero-order valence-corrected chi connectivity index (χ0v) is 8.69. The van der Waals surface area contributed by atoms with E-state index in [1.54, 1.807) is 13.8 Å². The molecule has 82 valence electrons. The molecule has 0 saturated carbocycles. The molecular weight excluding hydrogens is 198 g/mol. The van der Waals surface area contributed by atoms with Crippen LogP contribution in [0.4, 0.5) is 5.82 Å². The van der Waals surface area contributed by atoms with Crippen molar-refractivity contribution in [3.8, 4) is 0 Å². The maximum Gasteiger partial charge on any atom is 0.350 e. The van der Waals surface area contributed by atoms with E-state index < -0.39 is 11.7 Å². The standard InChI is InChI=1S/C9H13N3O3/c1-3-15-7(13)5-12-4-6(2)8(10)11-9(12)14/h4H,3,5H2,1-2H3,(H2,10,11,14). The Morgan fingerprint density at radius 1 is 1.67 bits per heavy atom. The average molecular weight is 211 g/mol. The average Bonchev–Trinajstić information content (AvgIpc) is 2.14. The Kier molecular flexibility index (Phi) is 3.43. The van der Waals surface area contributed by atoms with Crippen molar-refractivity contribution in [3.63, 3.8) is 0 Å². The van der Waals surface area contributed by atoms with Crippen LogP contribution in [0.3, 0.4) is 0 Å². The zero-order chi connectivity index (χ0) is 11.4. The van der Waals surface area contributed by atoms with Crippen molar-refractivity contribution in [2.75, 3.05) is 12.3 Å². The van der Waals surface area contributed by atoms with Gasteiger partial charge in [-0.2, -0.15) is 4.98 Å². The van der Waals surface area contributed by atoms with E-state index in [-0.39, 0.29) is 19.0 Å². The fraction of sp³-hybridized carbons (Fsp3) is 0.444. The van der Waals surface area contributed by atoms with Crippen molar-refractivity contribution >= 4 is 11.8 Å². The summed E-state index contributed by atoms with van der Waals surface area (Å²) in [5.74, 6) is -0.286. The quantitative estimate of drug-likeness (QED) is 0.693. The molecule has 6 heteroatoms. The number of aryl methyl sites for hydroxylation is 1. The van der Waals surface area contributed by atoms with Crippen LogP contribution in [-0.4, -0.2) is 22.1 Å². The topological polar surface area (TPSA) is 87.2 Å². The van der Waals surface area contributed by atoms with Gasteiger partial charge >= 0.3 is 11.7 Å². The van der Waals surface area contributed by atoms with Gasteiger partial charge < -0.3 is 10.5 Å². The van der Waals surface area contributed by atoms with Gasteiger partial charge in [0, 0.05) is 11.8 Å². The number of hydrogen-bond acceptors (Lipinski definition) is 5. The molecular formula is C9H13N3O3. The Hall–Kier alpha value is -1.85. The van der Waals surface area contributed by atoms with E-state index in [2.05, 4.69) is 4.98 Å². The number of hydrogen-bond donors (Lipinski definition) is 1. The number of rotatable bonds is 3. The van der Waals surface area contributed by atoms with E-state index >= 15 is 0 Å². The molecule has 0 bridgehead atoms. The minimum Gasteiger partial charge on any atom is -0.465 e. The van der Waals surface area contributed by atoms with Crippen LogP contribution in [0.5, 0.6) is 0 Å². The molecule has 1 rings (SSSR count). The van der Waals surface area contributed by atoms with Crippen LogP contribution in [0.2, 0.25) is 0 Å². The lowest BCUT2D eigenvalue weighted by Gasteiger charge is -2.06. The van der Waals surface area contributed by atoms with Gasteiger partial charge in [0.15, 0.2) is 0 Å². The molecule has 0 spiro atoms. The highest BCUT2D eigenvalue weighted by atomic mass is 16.5. The summed E-state index contributed by atoms with van der Waals surface area (Å²) in [7, 11) is 0. The minimum absolute atomic E-state index is 0.138. The minimum atomic E-state index is -0.550. The summed E-state index contributed by atoms with van der Waals surface area (Å²) in [6.07, 6.45) is 1.49. The van der Waals surface area contributed by atoms with E-state index in [0.717, 1.165) is 0 Å². The third-order valence-corrected chi connectivity index (χ3v) is 1.82. The van der Waals surface area contributed by atoms with Gasteiger partial charge in [-0.3, -0.25) is 9.36 Å². The van der Waals surface area contributed by atoms with Crippen molar-refractivity contribution < 1.29 is 9.53 Å². The molecule has 0 fully saturated rings. The van der Waals surface area contributed by atoms with Crippen molar-refractivity contribution in [1.82, 2.24) is 9.55 Å². The lowest BCUT2D eigenvalue weighted by Crippen LogP contribution is -2.28. The second kappa shape index (κ2) is 4.59. The Labute approximate surface area is 86.7 Å². The fourth-order valence-corrected chi connectivity index (χ4v) is 1.07. The SMILES string of the molecule is CCOC(=O)Cn1cc(C)c(N)nc1=O.